The summed E-state index contributed by atoms with van der Waals surface area (Å²) >= 11 is 3.53. The van der Waals surface area contributed by atoms with Crippen LogP contribution in [0, 0.1) is 0 Å². The average Bonchev–Trinajstić information content (AvgIpc) is 2.28. The Morgan fingerprint density at radius 3 is 2.75 bits per heavy atom. The van der Waals surface area contributed by atoms with Crippen LogP contribution in [0.5, 0.6) is 5.75 Å². The molecule has 84 valence electrons. The van der Waals surface area contributed by atoms with Gasteiger partial charge in [0.15, 0.2) is 0 Å². The third kappa shape index (κ3) is 2.36. The van der Waals surface area contributed by atoms with Gasteiger partial charge in [0.05, 0.1) is 10.6 Å². The van der Waals surface area contributed by atoms with Crippen molar-refractivity contribution < 1.29 is 9.84 Å². The lowest BCUT2D eigenvalue weighted by Crippen LogP contribution is -2.12. The van der Waals surface area contributed by atoms with Crippen molar-refractivity contribution in [1.29, 1.82) is 0 Å². The summed E-state index contributed by atoms with van der Waals surface area (Å²) in [4.78, 5) is 0. The lowest BCUT2D eigenvalue weighted by atomic mass is 10.1. The van der Waals surface area contributed by atoms with Crippen LogP contribution in [0.4, 0.5) is 0 Å². The van der Waals surface area contributed by atoms with Gasteiger partial charge < -0.3 is 9.84 Å². The first-order chi connectivity index (χ1) is 7.68. The Balaban J connectivity index is 2.37. The van der Waals surface area contributed by atoms with Crippen molar-refractivity contribution in [3.05, 3.63) is 40.9 Å². The molecule has 0 saturated carbocycles. The Hall–Kier alpha value is -1.06. The van der Waals surface area contributed by atoms with Gasteiger partial charge in [-0.25, -0.2) is 0 Å². The van der Waals surface area contributed by atoms with Crippen molar-refractivity contribution in [2.75, 3.05) is 6.61 Å². The molecule has 0 aromatic heterocycles. The van der Waals surface area contributed by atoms with E-state index in [1.807, 2.05) is 30.3 Å². The van der Waals surface area contributed by atoms with E-state index in [9.17, 15) is 5.11 Å². The summed E-state index contributed by atoms with van der Waals surface area (Å²) in [6.45, 7) is 2.01. The first-order valence-electron chi connectivity index (χ1n) is 5.16. The normalized spacial score (nSPS) is 12.7. The molecule has 1 atom stereocenters. The second-order valence-corrected chi connectivity index (χ2v) is 4.55. The van der Waals surface area contributed by atoms with Crippen molar-refractivity contribution in [2.24, 2.45) is 0 Å². The molecule has 16 heavy (non-hydrogen) atoms. The number of hydrogen-bond donors (Lipinski definition) is 1. The van der Waals surface area contributed by atoms with Crippen LogP contribution in [0.25, 0.3) is 10.8 Å². The molecule has 3 heteroatoms. The molecule has 0 bridgehead atoms. The molecule has 2 aromatic carbocycles. The smallest absolute Gasteiger partial charge is 0.134 e. The lowest BCUT2D eigenvalue weighted by Gasteiger charge is -2.11. The van der Waals surface area contributed by atoms with Gasteiger partial charge in [0.2, 0.25) is 0 Å². The molecule has 0 aliphatic heterocycles. The van der Waals surface area contributed by atoms with Crippen LogP contribution in [-0.4, -0.2) is 17.8 Å². The van der Waals surface area contributed by atoms with Crippen molar-refractivity contribution in [2.45, 2.75) is 13.0 Å². The summed E-state index contributed by atoms with van der Waals surface area (Å²) < 4.78 is 6.45. The van der Waals surface area contributed by atoms with E-state index in [0.29, 0.717) is 6.61 Å². The van der Waals surface area contributed by atoms with Gasteiger partial charge in [0, 0.05) is 0 Å². The number of benzene rings is 2. The number of rotatable bonds is 3. The van der Waals surface area contributed by atoms with Gasteiger partial charge in [-0.05, 0) is 39.7 Å². The molecule has 0 aliphatic rings. The largest absolute Gasteiger partial charge is 0.490 e. The molecule has 0 heterocycles. The highest BCUT2D eigenvalue weighted by molar-refractivity contribution is 9.10. The van der Waals surface area contributed by atoms with E-state index in [0.717, 1.165) is 15.6 Å². The Morgan fingerprint density at radius 2 is 2.00 bits per heavy atom. The summed E-state index contributed by atoms with van der Waals surface area (Å²) in [6, 6.07) is 12.0. The molecular weight excluding hydrogens is 268 g/mol. The van der Waals surface area contributed by atoms with Gasteiger partial charge in [-0.1, -0.05) is 30.3 Å². The van der Waals surface area contributed by atoms with Crippen LogP contribution in [0.1, 0.15) is 6.92 Å². The Morgan fingerprint density at radius 1 is 1.25 bits per heavy atom. The molecule has 0 spiro atoms. The maximum absolute atomic E-state index is 9.18. The quantitative estimate of drug-likeness (QED) is 0.934. The number of hydrogen-bond acceptors (Lipinski definition) is 2. The summed E-state index contributed by atoms with van der Waals surface area (Å²) in [6.07, 6.45) is -0.460. The fourth-order valence-corrected chi connectivity index (χ4v) is 2.14. The average molecular weight is 281 g/mol. The van der Waals surface area contributed by atoms with E-state index in [-0.39, 0.29) is 0 Å². The monoisotopic (exact) mass is 280 g/mol. The van der Waals surface area contributed by atoms with Crippen LogP contribution in [0.3, 0.4) is 0 Å². The minimum absolute atomic E-state index is 0.303. The van der Waals surface area contributed by atoms with Crippen LogP contribution in [-0.2, 0) is 0 Å². The van der Waals surface area contributed by atoms with Gasteiger partial charge >= 0.3 is 0 Å². The van der Waals surface area contributed by atoms with E-state index in [1.54, 1.807) is 6.92 Å². The molecule has 2 aromatic rings. The predicted molar refractivity (Wildman–Crippen MR) is 68.8 cm³/mol. The number of halogens is 1. The summed E-state index contributed by atoms with van der Waals surface area (Å²) in [5, 5.41) is 11.5. The number of aliphatic hydroxyl groups excluding tert-OH is 1. The summed E-state index contributed by atoms with van der Waals surface area (Å²) in [7, 11) is 0. The third-order valence-electron chi connectivity index (χ3n) is 2.31. The van der Waals surface area contributed by atoms with Gasteiger partial charge in [-0.15, -0.1) is 0 Å². The van der Waals surface area contributed by atoms with Gasteiger partial charge in [0.1, 0.15) is 12.4 Å². The second kappa shape index (κ2) is 4.85. The Labute approximate surface area is 103 Å². The molecule has 0 aliphatic carbocycles. The molecule has 2 rings (SSSR count). The zero-order valence-corrected chi connectivity index (χ0v) is 10.6. The zero-order chi connectivity index (χ0) is 11.5. The Bertz CT molecular complexity index is 494. The number of fused-ring (bicyclic) bond motifs is 1. The first kappa shape index (κ1) is 11.4. The first-order valence-corrected chi connectivity index (χ1v) is 5.96. The molecule has 0 fully saturated rings. The standard InChI is InChI=1S/C13H13BrO2/c1-9(15)8-16-12-7-6-10-4-2-3-5-11(10)13(12)14/h2-7,9,15H,8H2,1H3/t9-/m1/s1. The molecule has 0 radical (unpaired) electrons. The third-order valence-corrected chi connectivity index (χ3v) is 3.13. The maximum atomic E-state index is 9.18. The van der Waals surface area contributed by atoms with Crippen LogP contribution < -0.4 is 4.74 Å². The molecular formula is C13H13BrO2. The number of ether oxygens (including phenoxy) is 1. The fourth-order valence-electron chi connectivity index (χ4n) is 1.54. The van der Waals surface area contributed by atoms with Crippen molar-refractivity contribution in [3.8, 4) is 5.75 Å². The Kier molecular flexibility index (Phi) is 3.46. The van der Waals surface area contributed by atoms with E-state index >= 15 is 0 Å². The van der Waals surface area contributed by atoms with Crippen LogP contribution in [0.15, 0.2) is 40.9 Å². The highest BCUT2D eigenvalue weighted by Gasteiger charge is 2.06. The molecule has 0 unspecified atom stereocenters. The van der Waals surface area contributed by atoms with Gasteiger partial charge in [-0.2, -0.15) is 0 Å². The van der Waals surface area contributed by atoms with Gasteiger partial charge in [-0.3, -0.25) is 0 Å². The van der Waals surface area contributed by atoms with Crippen molar-refractivity contribution >= 4 is 26.7 Å². The minimum atomic E-state index is -0.460. The van der Waals surface area contributed by atoms with E-state index in [1.165, 1.54) is 5.39 Å². The fraction of sp³-hybridized carbons (Fsp3) is 0.231. The highest BCUT2D eigenvalue weighted by Crippen LogP contribution is 2.32. The van der Waals surface area contributed by atoms with E-state index in [4.69, 9.17) is 4.74 Å². The SMILES string of the molecule is C[C@@H](O)COc1ccc2ccccc2c1Br. The molecule has 0 saturated heterocycles. The van der Waals surface area contributed by atoms with Crippen molar-refractivity contribution in [3.63, 3.8) is 0 Å². The second-order valence-electron chi connectivity index (χ2n) is 3.76. The van der Waals surface area contributed by atoms with Gasteiger partial charge in [0.25, 0.3) is 0 Å². The van der Waals surface area contributed by atoms with Crippen LogP contribution in [0.2, 0.25) is 0 Å². The molecule has 0 amide bonds. The maximum Gasteiger partial charge on any atom is 0.134 e. The predicted octanol–water partition coefficient (Wildman–Crippen LogP) is 3.36. The van der Waals surface area contributed by atoms with E-state index in [2.05, 4.69) is 22.0 Å². The summed E-state index contributed by atoms with van der Waals surface area (Å²) in [5.41, 5.74) is 0. The molecule has 1 N–H and O–H groups in total. The zero-order valence-electron chi connectivity index (χ0n) is 8.98. The number of aliphatic hydroxyl groups is 1. The lowest BCUT2D eigenvalue weighted by molar-refractivity contribution is 0.122. The van der Waals surface area contributed by atoms with Crippen molar-refractivity contribution in [1.82, 2.24) is 0 Å². The van der Waals surface area contributed by atoms with E-state index < -0.39 is 6.10 Å². The topological polar surface area (TPSA) is 29.5 Å². The highest BCUT2D eigenvalue weighted by atomic mass is 79.9. The van der Waals surface area contributed by atoms with Crippen LogP contribution >= 0.6 is 15.9 Å². The summed E-state index contributed by atoms with van der Waals surface area (Å²) in [5.74, 6) is 0.764. The molecule has 2 nitrogen and oxygen atoms in total. The minimum Gasteiger partial charge on any atom is -0.490 e.